The van der Waals surface area contributed by atoms with E-state index in [4.69, 9.17) is 20.4 Å². The molecule has 9 heteroatoms. The standard InChI is InChI=1S/C19H29FN2O.C2HF3O2/c20-16-3-7-18(8-4-16)23-19-10-13-22(14-11-19)12-9-15-1-5-17(21)6-2-15;3-2(4,5)1(6)7/h3-4,7-8,15,17,19H,1-2,5-6,9-14,21H2;(H,6,7). The van der Waals surface area contributed by atoms with Gasteiger partial charge in [-0.25, -0.2) is 9.18 Å². The third-order valence-corrected chi connectivity index (χ3v) is 5.64. The van der Waals surface area contributed by atoms with Gasteiger partial charge in [-0.15, -0.1) is 0 Å². The fourth-order valence-corrected chi connectivity index (χ4v) is 3.80. The number of alkyl halides is 3. The average molecular weight is 434 g/mol. The summed E-state index contributed by atoms with van der Waals surface area (Å²) in [7, 11) is 0. The number of hydrogen-bond donors (Lipinski definition) is 2. The van der Waals surface area contributed by atoms with Crippen LogP contribution in [0.2, 0.25) is 0 Å². The van der Waals surface area contributed by atoms with Gasteiger partial charge >= 0.3 is 12.1 Å². The molecule has 0 amide bonds. The maximum atomic E-state index is 12.9. The molecule has 2 aliphatic rings. The smallest absolute Gasteiger partial charge is 0.490 e. The van der Waals surface area contributed by atoms with Crippen LogP contribution in [0.25, 0.3) is 0 Å². The molecule has 3 rings (SSSR count). The molecular weight excluding hydrogens is 404 g/mol. The summed E-state index contributed by atoms with van der Waals surface area (Å²) in [5.41, 5.74) is 5.98. The Balaban J connectivity index is 0.000000396. The number of piperidine rings is 1. The number of hydrogen-bond acceptors (Lipinski definition) is 4. The summed E-state index contributed by atoms with van der Waals surface area (Å²) in [4.78, 5) is 11.5. The molecule has 1 aliphatic carbocycles. The minimum Gasteiger partial charge on any atom is -0.490 e. The Bertz CT molecular complexity index is 639. The first kappa shape index (κ1) is 24.4. The number of ether oxygens (including phenoxy) is 1. The molecule has 0 spiro atoms. The minimum atomic E-state index is -5.08. The van der Waals surface area contributed by atoms with Crippen LogP contribution in [0.4, 0.5) is 17.6 Å². The Kier molecular flexibility index (Phi) is 9.36. The van der Waals surface area contributed by atoms with E-state index in [0.29, 0.717) is 6.04 Å². The molecule has 5 nitrogen and oxygen atoms in total. The van der Waals surface area contributed by atoms with Crippen LogP contribution in [0.1, 0.15) is 44.9 Å². The Labute approximate surface area is 174 Å². The van der Waals surface area contributed by atoms with E-state index in [1.54, 1.807) is 12.1 Å². The maximum absolute atomic E-state index is 12.9. The van der Waals surface area contributed by atoms with Gasteiger partial charge in [0.2, 0.25) is 0 Å². The van der Waals surface area contributed by atoms with E-state index < -0.39 is 12.1 Å². The van der Waals surface area contributed by atoms with Gasteiger partial charge in [-0.3, -0.25) is 0 Å². The molecule has 1 saturated heterocycles. The largest absolute Gasteiger partial charge is 0.490 e. The molecule has 1 aliphatic heterocycles. The summed E-state index contributed by atoms with van der Waals surface area (Å²) in [5, 5.41) is 7.12. The number of carboxylic acids is 1. The molecule has 0 aromatic heterocycles. The fourth-order valence-electron chi connectivity index (χ4n) is 3.80. The van der Waals surface area contributed by atoms with E-state index in [0.717, 1.165) is 37.6 Å². The van der Waals surface area contributed by atoms with Crippen molar-refractivity contribution in [3.8, 4) is 5.75 Å². The molecule has 1 saturated carbocycles. The van der Waals surface area contributed by atoms with Crippen LogP contribution in [-0.4, -0.2) is 53.9 Å². The van der Waals surface area contributed by atoms with Gasteiger partial charge in [0.25, 0.3) is 0 Å². The Morgan fingerprint density at radius 3 is 2.10 bits per heavy atom. The molecule has 2 fully saturated rings. The van der Waals surface area contributed by atoms with Gasteiger partial charge in [-0.2, -0.15) is 13.2 Å². The highest BCUT2D eigenvalue weighted by Crippen LogP contribution is 2.27. The number of nitrogens with zero attached hydrogens (tertiary/aromatic N) is 1. The number of nitrogens with two attached hydrogens (primary N) is 1. The first-order valence-electron chi connectivity index (χ1n) is 10.3. The second-order valence-corrected chi connectivity index (χ2v) is 7.99. The molecule has 1 aromatic rings. The minimum absolute atomic E-state index is 0.212. The first-order valence-corrected chi connectivity index (χ1v) is 10.3. The molecule has 0 bridgehead atoms. The van der Waals surface area contributed by atoms with Crippen molar-refractivity contribution < 1.29 is 32.2 Å². The van der Waals surface area contributed by atoms with E-state index in [9.17, 15) is 17.6 Å². The predicted molar refractivity (Wildman–Crippen MR) is 105 cm³/mol. The van der Waals surface area contributed by atoms with Crippen molar-refractivity contribution in [2.45, 2.75) is 63.3 Å². The fraction of sp³-hybridized carbons (Fsp3) is 0.667. The van der Waals surface area contributed by atoms with Gasteiger partial charge in [0.15, 0.2) is 0 Å². The summed E-state index contributed by atoms with van der Waals surface area (Å²) in [6.07, 6.45) is 3.66. The monoisotopic (exact) mass is 434 g/mol. The number of aliphatic carboxylic acids is 1. The van der Waals surface area contributed by atoms with Crippen molar-refractivity contribution in [2.75, 3.05) is 19.6 Å². The second kappa shape index (κ2) is 11.5. The normalized spacial score (nSPS) is 23.4. The first-order chi connectivity index (χ1) is 14.1. The molecule has 170 valence electrons. The van der Waals surface area contributed by atoms with Crippen LogP contribution in [0.3, 0.4) is 0 Å². The molecule has 0 radical (unpaired) electrons. The molecule has 0 atom stereocenters. The summed E-state index contributed by atoms with van der Waals surface area (Å²) >= 11 is 0. The number of carbonyl (C=O) groups is 1. The van der Waals surface area contributed by atoms with Crippen LogP contribution >= 0.6 is 0 Å². The molecule has 0 unspecified atom stereocenters. The number of carboxylic acid groups (broad SMARTS) is 1. The maximum Gasteiger partial charge on any atom is 0.490 e. The Morgan fingerprint density at radius 1 is 1.07 bits per heavy atom. The van der Waals surface area contributed by atoms with E-state index in [1.807, 2.05) is 0 Å². The number of rotatable bonds is 5. The molecule has 1 aromatic carbocycles. The lowest BCUT2D eigenvalue weighted by Crippen LogP contribution is -2.39. The van der Waals surface area contributed by atoms with Crippen LogP contribution in [0, 0.1) is 11.7 Å². The predicted octanol–water partition coefficient (Wildman–Crippen LogP) is 4.21. The van der Waals surface area contributed by atoms with E-state index in [-0.39, 0.29) is 11.9 Å². The third kappa shape index (κ3) is 8.87. The number of benzene rings is 1. The zero-order chi connectivity index (χ0) is 22.1. The Hall–Kier alpha value is -1.87. The van der Waals surface area contributed by atoms with Gasteiger partial charge in [0.1, 0.15) is 17.7 Å². The Morgan fingerprint density at radius 2 is 1.60 bits per heavy atom. The lowest BCUT2D eigenvalue weighted by atomic mass is 9.84. The lowest BCUT2D eigenvalue weighted by Gasteiger charge is -2.34. The van der Waals surface area contributed by atoms with E-state index in [1.165, 1.54) is 50.8 Å². The zero-order valence-electron chi connectivity index (χ0n) is 16.9. The van der Waals surface area contributed by atoms with Gasteiger partial charge < -0.3 is 20.5 Å². The van der Waals surface area contributed by atoms with Gasteiger partial charge in [0, 0.05) is 19.1 Å². The molecule has 30 heavy (non-hydrogen) atoms. The van der Waals surface area contributed by atoms with Crippen LogP contribution in [0.15, 0.2) is 24.3 Å². The second-order valence-electron chi connectivity index (χ2n) is 7.99. The highest BCUT2D eigenvalue weighted by atomic mass is 19.4. The lowest BCUT2D eigenvalue weighted by molar-refractivity contribution is -0.192. The van der Waals surface area contributed by atoms with Crippen molar-refractivity contribution >= 4 is 5.97 Å². The van der Waals surface area contributed by atoms with Crippen molar-refractivity contribution in [3.05, 3.63) is 30.1 Å². The summed E-state index contributed by atoms with van der Waals surface area (Å²) in [5.74, 6) is -1.31. The van der Waals surface area contributed by atoms with Gasteiger partial charge in [-0.05, 0) is 81.7 Å². The molecule has 1 heterocycles. The number of halogens is 4. The molecule has 3 N–H and O–H groups in total. The SMILES string of the molecule is NC1CCC(CCN2CCC(Oc3ccc(F)cc3)CC2)CC1.O=C(O)C(F)(F)F. The highest BCUT2D eigenvalue weighted by Gasteiger charge is 2.38. The number of likely N-dealkylation sites (tertiary alicyclic amines) is 1. The highest BCUT2D eigenvalue weighted by molar-refractivity contribution is 5.73. The van der Waals surface area contributed by atoms with Crippen LogP contribution in [-0.2, 0) is 4.79 Å². The van der Waals surface area contributed by atoms with Gasteiger partial charge in [-0.1, -0.05) is 0 Å². The summed E-state index contributed by atoms with van der Waals surface area (Å²) in [6, 6.07) is 6.80. The topological polar surface area (TPSA) is 75.8 Å². The molecular formula is C21H30F4N2O3. The van der Waals surface area contributed by atoms with Crippen LogP contribution < -0.4 is 10.5 Å². The third-order valence-electron chi connectivity index (χ3n) is 5.64. The summed E-state index contributed by atoms with van der Waals surface area (Å²) < 4.78 is 50.6. The average Bonchev–Trinajstić information content (AvgIpc) is 2.70. The van der Waals surface area contributed by atoms with Crippen molar-refractivity contribution in [2.24, 2.45) is 11.7 Å². The van der Waals surface area contributed by atoms with E-state index >= 15 is 0 Å². The van der Waals surface area contributed by atoms with Crippen molar-refractivity contribution in [1.82, 2.24) is 4.90 Å². The van der Waals surface area contributed by atoms with Crippen LogP contribution in [0.5, 0.6) is 5.75 Å². The quantitative estimate of drug-likeness (QED) is 0.679. The van der Waals surface area contributed by atoms with E-state index in [2.05, 4.69) is 4.90 Å². The van der Waals surface area contributed by atoms with Gasteiger partial charge in [0.05, 0.1) is 0 Å². The zero-order valence-corrected chi connectivity index (χ0v) is 16.9. The van der Waals surface area contributed by atoms with Crippen molar-refractivity contribution in [1.29, 1.82) is 0 Å². The van der Waals surface area contributed by atoms with Crippen molar-refractivity contribution in [3.63, 3.8) is 0 Å². The summed E-state index contributed by atoms with van der Waals surface area (Å²) in [6.45, 7) is 3.43.